The Kier molecular flexibility index (Phi) is 4.24. The van der Waals surface area contributed by atoms with E-state index >= 15 is 0 Å². The first-order chi connectivity index (χ1) is 11.1. The number of carbonyl (C=O) groups is 1. The lowest BCUT2D eigenvalue weighted by Crippen LogP contribution is -2.10. The molecule has 0 amide bonds. The highest BCUT2D eigenvalue weighted by atomic mass is 16.4. The molecule has 0 bridgehead atoms. The number of aromatic nitrogens is 1. The number of carboxylic acid groups (broad SMARTS) is 1. The standard InChI is InChI=1S/C19H18N2O2/c1-13-16(11-18(22)23)19(15-9-5-6-10-17(15)21-13)20-12-14-7-3-2-4-8-14/h2-10H,11-12H2,1H3,(H,20,21)(H,22,23). The van der Waals surface area contributed by atoms with Crippen LogP contribution in [0.3, 0.4) is 0 Å². The zero-order valence-corrected chi connectivity index (χ0v) is 12.9. The van der Waals surface area contributed by atoms with Gasteiger partial charge in [0.15, 0.2) is 0 Å². The summed E-state index contributed by atoms with van der Waals surface area (Å²) in [6, 6.07) is 17.8. The average molecular weight is 306 g/mol. The van der Waals surface area contributed by atoms with Crippen molar-refractivity contribution in [2.75, 3.05) is 5.32 Å². The summed E-state index contributed by atoms with van der Waals surface area (Å²) in [7, 11) is 0. The fraction of sp³-hybridized carbons (Fsp3) is 0.158. The second-order valence-electron chi connectivity index (χ2n) is 5.48. The van der Waals surface area contributed by atoms with E-state index in [1.807, 2.05) is 61.5 Å². The third-order valence-electron chi connectivity index (χ3n) is 3.84. The summed E-state index contributed by atoms with van der Waals surface area (Å²) in [5.41, 5.74) is 4.37. The molecule has 0 aliphatic carbocycles. The van der Waals surface area contributed by atoms with Crippen LogP contribution in [-0.4, -0.2) is 16.1 Å². The van der Waals surface area contributed by atoms with Crippen molar-refractivity contribution < 1.29 is 9.90 Å². The molecule has 3 aromatic rings. The number of hydrogen-bond acceptors (Lipinski definition) is 3. The van der Waals surface area contributed by atoms with Gasteiger partial charge in [-0.2, -0.15) is 0 Å². The summed E-state index contributed by atoms with van der Waals surface area (Å²) in [4.78, 5) is 15.8. The van der Waals surface area contributed by atoms with E-state index < -0.39 is 5.97 Å². The molecule has 2 N–H and O–H groups in total. The van der Waals surface area contributed by atoms with E-state index in [0.717, 1.165) is 33.4 Å². The molecule has 0 spiro atoms. The van der Waals surface area contributed by atoms with Gasteiger partial charge in [-0.3, -0.25) is 9.78 Å². The number of aryl methyl sites for hydroxylation is 1. The largest absolute Gasteiger partial charge is 0.481 e. The molecule has 4 nitrogen and oxygen atoms in total. The molecule has 4 heteroatoms. The zero-order chi connectivity index (χ0) is 16.2. The van der Waals surface area contributed by atoms with Gasteiger partial charge in [0, 0.05) is 28.9 Å². The maximum Gasteiger partial charge on any atom is 0.307 e. The zero-order valence-electron chi connectivity index (χ0n) is 12.9. The third-order valence-corrected chi connectivity index (χ3v) is 3.84. The maximum absolute atomic E-state index is 11.2. The smallest absolute Gasteiger partial charge is 0.307 e. The van der Waals surface area contributed by atoms with E-state index in [0.29, 0.717) is 6.54 Å². The SMILES string of the molecule is Cc1nc2ccccc2c(NCc2ccccc2)c1CC(=O)O. The fourth-order valence-corrected chi connectivity index (χ4v) is 2.73. The van der Waals surface area contributed by atoms with Gasteiger partial charge >= 0.3 is 5.97 Å². The number of aliphatic carboxylic acids is 1. The summed E-state index contributed by atoms with van der Waals surface area (Å²) in [5.74, 6) is -0.854. The van der Waals surface area contributed by atoms with Crippen molar-refractivity contribution in [1.82, 2.24) is 4.98 Å². The molecule has 0 saturated heterocycles. The Morgan fingerprint density at radius 3 is 2.52 bits per heavy atom. The van der Waals surface area contributed by atoms with Crippen LogP contribution in [0.15, 0.2) is 54.6 Å². The minimum atomic E-state index is -0.854. The van der Waals surface area contributed by atoms with Gasteiger partial charge in [0.1, 0.15) is 0 Å². The highest BCUT2D eigenvalue weighted by Crippen LogP contribution is 2.29. The Morgan fingerprint density at radius 2 is 1.78 bits per heavy atom. The first kappa shape index (κ1) is 15.0. The quantitative estimate of drug-likeness (QED) is 0.753. The lowest BCUT2D eigenvalue weighted by atomic mass is 10.0. The molecule has 0 atom stereocenters. The topological polar surface area (TPSA) is 62.2 Å². The maximum atomic E-state index is 11.2. The first-order valence-corrected chi connectivity index (χ1v) is 7.53. The number of benzene rings is 2. The van der Waals surface area contributed by atoms with Crippen molar-refractivity contribution in [3.8, 4) is 0 Å². The molecular formula is C19H18N2O2. The van der Waals surface area contributed by atoms with E-state index in [9.17, 15) is 9.90 Å². The number of carboxylic acids is 1. The van der Waals surface area contributed by atoms with Crippen LogP contribution in [-0.2, 0) is 17.8 Å². The highest BCUT2D eigenvalue weighted by molar-refractivity contribution is 5.94. The first-order valence-electron chi connectivity index (χ1n) is 7.53. The summed E-state index contributed by atoms with van der Waals surface area (Å²) in [5, 5.41) is 13.6. The number of anilines is 1. The molecule has 3 rings (SSSR count). The monoisotopic (exact) mass is 306 g/mol. The molecule has 0 unspecified atom stereocenters. The predicted molar refractivity (Wildman–Crippen MR) is 91.6 cm³/mol. The van der Waals surface area contributed by atoms with E-state index in [1.165, 1.54) is 0 Å². The van der Waals surface area contributed by atoms with Crippen LogP contribution in [0.25, 0.3) is 10.9 Å². The Morgan fingerprint density at radius 1 is 1.09 bits per heavy atom. The Balaban J connectivity index is 2.05. The molecule has 0 radical (unpaired) electrons. The van der Waals surface area contributed by atoms with E-state index in [4.69, 9.17) is 0 Å². The fourth-order valence-electron chi connectivity index (χ4n) is 2.73. The highest BCUT2D eigenvalue weighted by Gasteiger charge is 2.15. The number of pyridine rings is 1. The molecule has 23 heavy (non-hydrogen) atoms. The molecule has 2 aromatic carbocycles. The van der Waals surface area contributed by atoms with Gasteiger partial charge < -0.3 is 10.4 Å². The minimum Gasteiger partial charge on any atom is -0.481 e. The van der Waals surface area contributed by atoms with Gasteiger partial charge in [-0.1, -0.05) is 48.5 Å². The van der Waals surface area contributed by atoms with Crippen LogP contribution in [0, 0.1) is 6.92 Å². The van der Waals surface area contributed by atoms with Gasteiger partial charge in [-0.15, -0.1) is 0 Å². The summed E-state index contributed by atoms with van der Waals surface area (Å²) in [6.07, 6.45) is -0.0409. The van der Waals surface area contributed by atoms with Gasteiger partial charge in [-0.25, -0.2) is 0 Å². The van der Waals surface area contributed by atoms with E-state index in [1.54, 1.807) is 0 Å². The summed E-state index contributed by atoms with van der Waals surface area (Å²) < 4.78 is 0. The van der Waals surface area contributed by atoms with Crippen LogP contribution in [0.2, 0.25) is 0 Å². The summed E-state index contributed by atoms with van der Waals surface area (Å²) in [6.45, 7) is 2.50. The Hall–Kier alpha value is -2.88. The van der Waals surface area contributed by atoms with Crippen LogP contribution in [0.1, 0.15) is 16.8 Å². The number of rotatable bonds is 5. The molecule has 0 aliphatic heterocycles. The van der Waals surface area contributed by atoms with Crippen LogP contribution < -0.4 is 5.32 Å². The van der Waals surface area contributed by atoms with Crippen molar-refractivity contribution in [1.29, 1.82) is 0 Å². The number of para-hydroxylation sites is 1. The Bertz CT molecular complexity index is 845. The van der Waals surface area contributed by atoms with Crippen molar-refractivity contribution in [2.24, 2.45) is 0 Å². The lowest BCUT2D eigenvalue weighted by Gasteiger charge is -2.16. The second kappa shape index (κ2) is 6.48. The second-order valence-corrected chi connectivity index (χ2v) is 5.48. The third kappa shape index (κ3) is 3.31. The lowest BCUT2D eigenvalue weighted by molar-refractivity contribution is -0.136. The Labute approximate surface area is 134 Å². The number of hydrogen-bond donors (Lipinski definition) is 2. The molecule has 1 heterocycles. The molecule has 1 aromatic heterocycles. The van der Waals surface area contributed by atoms with Gasteiger partial charge in [-0.05, 0) is 18.6 Å². The molecule has 0 saturated carbocycles. The molecule has 0 fully saturated rings. The van der Waals surface area contributed by atoms with Crippen LogP contribution in [0.4, 0.5) is 5.69 Å². The molecule has 0 aliphatic rings. The van der Waals surface area contributed by atoms with Gasteiger partial charge in [0.05, 0.1) is 11.9 Å². The van der Waals surface area contributed by atoms with Crippen molar-refractivity contribution >= 4 is 22.6 Å². The number of nitrogens with one attached hydrogen (secondary N) is 1. The number of nitrogens with zero attached hydrogens (tertiary/aromatic N) is 1. The predicted octanol–water partition coefficient (Wildman–Crippen LogP) is 3.78. The van der Waals surface area contributed by atoms with Crippen LogP contribution >= 0.6 is 0 Å². The molecular weight excluding hydrogens is 288 g/mol. The van der Waals surface area contributed by atoms with Crippen LogP contribution in [0.5, 0.6) is 0 Å². The van der Waals surface area contributed by atoms with Gasteiger partial charge in [0.25, 0.3) is 0 Å². The van der Waals surface area contributed by atoms with E-state index in [2.05, 4.69) is 10.3 Å². The normalized spacial score (nSPS) is 10.7. The number of fused-ring (bicyclic) bond motifs is 1. The summed E-state index contributed by atoms with van der Waals surface area (Å²) >= 11 is 0. The average Bonchev–Trinajstić information content (AvgIpc) is 2.55. The van der Waals surface area contributed by atoms with Crippen molar-refractivity contribution in [3.05, 3.63) is 71.4 Å². The minimum absolute atomic E-state index is 0.0409. The van der Waals surface area contributed by atoms with Crippen molar-refractivity contribution in [3.63, 3.8) is 0 Å². The molecule has 116 valence electrons. The van der Waals surface area contributed by atoms with E-state index in [-0.39, 0.29) is 6.42 Å². The van der Waals surface area contributed by atoms with Crippen molar-refractivity contribution in [2.45, 2.75) is 19.9 Å². The van der Waals surface area contributed by atoms with Gasteiger partial charge in [0.2, 0.25) is 0 Å².